The van der Waals surface area contributed by atoms with Crippen LogP contribution in [0.3, 0.4) is 0 Å². The standard InChI is InChI=1S/C11H9BrClFN2O/c12-8-3-4-17-11(8)10(16-15)7-5-6(13)1-2-9(7)14/h1-5,10,16H,15H2. The van der Waals surface area contributed by atoms with Crippen LogP contribution in [0.1, 0.15) is 17.4 Å². The van der Waals surface area contributed by atoms with Crippen LogP contribution in [0.15, 0.2) is 39.4 Å². The molecular formula is C11H9BrClFN2O. The fraction of sp³-hybridized carbons (Fsp3) is 0.0909. The SMILES string of the molecule is NNC(c1cc(Cl)ccc1F)c1occc1Br. The Labute approximate surface area is 111 Å². The summed E-state index contributed by atoms with van der Waals surface area (Å²) in [5, 5.41) is 0.435. The van der Waals surface area contributed by atoms with Gasteiger partial charge in [0.2, 0.25) is 0 Å². The fourth-order valence-electron chi connectivity index (χ4n) is 1.55. The second kappa shape index (κ2) is 5.18. The predicted octanol–water partition coefficient (Wildman–Crippen LogP) is 3.39. The molecule has 0 saturated carbocycles. The Hall–Kier alpha value is -0.880. The third kappa shape index (κ3) is 2.52. The first-order valence-electron chi connectivity index (χ1n) is 4.77. The summed E-state index contributed by atoms with van der Waals surface area (Å²) in [6, 6.07) is 5.39. The van der Waals surface area contributed by atoms with Gasteiger partial charge in [-0.15, -0.1) is 0 Å². The molecule has 1 atom stereocenters. The van der Waals surface area contributed by atoms with Crippen LogP contribution in [-0.2, 0) is 0 Å². The summed E-state index contributed by atoms with van der Waals surface area (Å²) in [5.41, 5.74) is 2.84. The fourth-order valence-corrected chi connectivity index (χ4v) is 2.16. The zero-order valence-corrected chi connectivity index (χ0v) is 10.9. The highest BCUT2D eigenvalue weighted by Gasteiger charge is 2.22. The Morgan fingerprint density at radius 2 is 2.18 bits per heavy atom. The molecule has 0 fully saturated rings. The average Bonchev–Trinajstić information content (AvgIpc) is 2.71. The van der Waals surface area contributed by atoms with Crippen molar-refractivity contribution >= 4 is 27.5 Å². The van der Waals surface area contributed by atoms with Crippen molar-refractivity contribution in [2.24, 2.45) is 5.84 Å². The smallest absolute Gasteiger partial charge is 0.140 e. The van der Waals surface area contributed by atoms with Crippen LogP contribution in [-0.4, -0.2) is 0 Å². The van der Waals surface area contributed by atoms with E-state index in [1.165, 1.54) is 24.5 Å². The molecule has 1 heterocycles. The molecule has 0 amide bonds. The molecule has 0 radical (unpaired) electrons. The average molecular weight is 320 g/mol. The minimum absolute atomic E-state index is 0.329. The maximum absolute atomic E-state index is 13.7. The topological polar surface area (TPSA) is 51.2 Å². The van der Waals surface area contributed by atoms with Gasteiger partial charge in [0, 0.05) is 10.6 Å². The molecular weight excluding hydrogens is 310 g/mol. The van der Waals surface area contributed by atoms with Crippen molar-refractivity contribution in [1.82, 2.24) is 5.43 Å². The van der Waals surface area contributed by atoms with E-state index < -0.39 is 11.9 Å². The largest absolute Gasteiger partial charge is 0.466 e. The molecule has 0 spiro atoms. The number of nitrogens with one attached hydrogen (secondary N) is 1. The van der Waals surface area contributed by atoms with Gasteiger partial charge < -0.3 is 4.42 Å². The van der Waals surface area contributed by atoms with Crippen LogP contribution >= 0.6 is 27.5 Å². The molecule has 17 heavy (non-hydrogen) atoms. The minimum atomic E-state index is -0.599. The second-order valence-corrected chi connectivity index (χ2v) is 4.69. The molecule has 1 aromatic carbocycles. The Morgan fingerprint density at radius 1 is 1.41 bits per heavy atom. The van der Waals surface area contributed by atoms with Crippen LogP contribution in [0, 0.1) is 5.82 Å². The van der Waals surface area contributed by atoms with Gasteiger partial charge in [0.1, 0.15) is 17.6 Å². The summed E-state index contributed by atoms with van der Waals surface area (Å²) in [5.74, 6) is 5.54. The van der Waals surface area contributed by atoms with E-state index in [2.05, 4.69) is 21.4 Å². The van der Waals surface area contributed by atoms with Crippen molar-refractivity contribution in [3.8, 4) is 0 Å². The van der Waals surface area contributed by atoms with Crippen molar-refractivity contribution < 1.29 is 8.81 Å². The molecule has 1 unspecified atom stereocenters. The summed E-state index contributed by atoms with van der Waals surface area (Å²) < 4.78 is 19.7. The molecule has 0 bridgehead atoms. The molecule has 2 aromatic rings. The van der Waals surface area contributed by atoms with Crippen molar-refractivity contribution in [2.75, 3.05) is 0 Å². The number of hydrogen-bond donors (Lipinski definition) is 2. The van der Waals surface area contributed by atoms with Gasteiger partial charge >= 0.3 is 0 Å². The summed E-state index contributed by atoms with van der Waals surface area (Å²) in [6.07, 6.45) is 1.49. The van der Waals surface area contributed by atoms with E-state index in [0.717, 1.165) is 0 Å². The lowest BCUT2D eigenvalue weighted by Gasteiger charge is -2.15. The normalized spacial score (nSPS) is 12.7. The zero-order valence-electron chi connectivity index (χ0n) is 8.58. The second-order valence-electron chi connectivity index (χ2n) is 3.40. The van der Waals surface area contributed by atoms with Crippen molar-refractivity contribution in [3.05, 3.63) is 57.2 Å². The van der Waals surface area contributed by atoms with Crippen molar-refractivity contribution in [1.29, 1.82) is 0 Å². The van der Waals surface area contributed by atoms with E-state index in [0.29, 0.717) is 20.8 Å². The van der Waals surface area contributed by atoms with Crippen molar-refractivity contribution in [3.63, 3.8) is 0 Å². The van der Waals surface area contributed by atoms with Gasteiger partial charge in [-0.2, -0.15) is 0 Å². The third-order valence-electron chi connectivity index (χ3n) is 2.34. The van der Waals surface area contributed by atoms with Gasteiger partial charge in [-0.25, -0.2) is 9.82 Å². The van der Waals surface area contributed by atoms with Crippen LogP contribution in [0.2, 0.25) is 5.02 Å². The molecule has 3 N–H and O–H groups in total. The van der Waals surface area contributed by atoms with Gasteiger partial charge in [0.25, 0.3) is 0 Å². The Balaban J connectivity index is 2.49. The monoisotopic (exact) mass is 318 g/mol. The highest BCUT2D eigenvalue weighted by atomic mass is 79.9. The van der Waals surface area contributed by atoms with E-state index in [-0.39, 0.29) is 0 Å². The highest BCUT2D eigenvalue weighted by Crippen LogP contribution is 2.31. The van der Waals surface area contributed by atoms with Gasteiger partial charge in [0.15, 0.2) is 0 Å². The lowest BCUT2D eigenvalue weighted by atomic mass is 10.0. The Morgan fingerprint density at radius 3 is 2.76 bits per heavy atom. The van der Waals surface area contributed by atoms with Crippen LogP contribution in [0.4, 0.5) is 4.39 Å². The first kappa shape index (κ1) is 12.6. The van der Waals surface area contributed by atoms with E-state index in [1.807, 2.05) is 0 Å². The summed E-state index contributed by atoms with van der Waals surface area (Å²) in [6.45, 7) is 0. The molecule has 0 aliphatic carbocycles. The summed E-state index contributed by atoms with van der Waals surface area (Å²) in [4.78, 5) is 0. The number of furan rings is 1. The Bertz CT molecular complexity index is 532. The third-order valence-corrected chi connectivity index (χ3v) is 3.23. The number of hydrogen-bond acceptors (Lipinski definition) is 3. The van der Waals surface area contributed by atoms with Crippen LogP contribution in [0.25, 0.3) is 0 Å². The predicted molar refractivity (Wildman–Crippen MR) is 67.0 cm³/mol. The van der Waals surface area contributed by atoms with E-state index in [9.17, 15) is 4.39 Å². The molecule has 0 saturated heterocycles. The van der Waals surface area contributed by atoms with E-state index in [1.54, 1.807) is 6.07 Å². The molecule has 90 valence electrons. The van der Waals surface area contributed by atoms with Gasteiger partial charge in [-0.1, -0.05) is 11.6 Å². The zero-order chi connectivity index (χ0) is 12.4. The van der Waals surface area contributed by atoms with Crippen LogP contribution < -0.4 is 11.3 Å². The number of rotatable bonds is 3. The number of halogens is 3. The van der Waals surface area contributed by atoms with Crippen molar-refractivity contribution in [2.45, 2.75) is 6.04 Å². The molecule has 1 aromatic heterocycles. The summed E-state index contributed by atoms with van der Waals surface area (Å²) >= 11 is 9.14. The lowest BCUT2D eigenvalue weighted by Crippen LogP contribution is -2.29. The van der Waals surface area contributed by atoms with E-state index >= 15 is 0 Å². The van der Waals surface area contributed by atoms with Gasteiger partial charge in [-0.3, -0.25) is 5.84 Å². The first-order chi connectivity index (χ1) is 8.13. The molecule has 0 aliphatic heterocycles. The quantitative estimate of drug-likeness (QED) is 0.673. The number of hydrazine groups is 1. The minimum Gasteiger partial charge on any atom is -0.466 e. The van der Waals surface area contributed by atoms with Gasteiger partial charge in [-0.05, 0) is 40.2 Å². The number of benzene rings is 1. The van der Waals surface area contributed by atoms with E-state index in [4.69, 9.17) is 21.9 Å². The Kier molecular flexibility index (Phi) is 3.83. The maximum atomic E-state index is 13.7. The highest BCUT2D eigenvalue weighted by molar-refractivity contribution is 9.10. The van der Waals surface area contributed by atoms with Crippen LogP contribution in [0.5, 0.6) is 0 Å². The molecule has 3 nitrogen and oxygen atoms in total. The first-order valence-corrected chi connectivity index (χ1v) is 5.94. The molecule has 0 aliphatic rings. The molecule has 6 heteroatoms. The summed E-state index contributed by atoms with van der Waals surface area (Å²) in [7, 11) is 0. The maximum Gasteiger partial charge on any atom is 0.140 e. The molecule has 2 rings (SSSR count). The number of nitrogens with two attached hydrogens (primary N) is 1. The van der Waals surface area contributed by atoms with Gasteiger partial charge in [0.05, 0.1) is 10.7 Å². The lowest BCUT2D eigenvalue weighted by molar-refractivity contribution is 0.439.